The van der Waals surface area contributed by atoms with E-state index in [9.17, 15) is 9.90 Å². The highest BCUT2D eigenvalue weighted by molar-refractivity contribution is 5.51. The van der Waals surface area contributed by atoms with Gasteiger partial charge in [0.15, 0.2) is 0 Å². The van der Waals surface area contributed by atoms with Gasteiger partial charge in [-0.15, -0.1) is 10.2 Å². The van der Waals surface area contributed by atoms with E-state index < -0.39 is 5.60 Å². The Morgan fingerprint density at radius 3 is 2.29 bits per heavy atom. The number of benzene rings is 1. The van der Waals surface area contributed by atoms with Crippen molar-refractivity contribution < 1.29 is 9.90 Å². The van der Waals surface area contributed by atoms with Crippen LogP contribution in [-0.4, -0.2) is 38.8 Å². The van der Waals surface area contributed by atoms with Crippen molar-refractivity contribution in [3.05, 3.63) is 41.0 Å². The molecule has 35 heavy (non-hydrogen) atoms. The standard InChI is InChI=1S/C20H37N3O2.C9H13N/c1-8-15(2)23-17(10-9-12-19(3,4)5)21-22-18(23)16(11-13-24)14-20(6,7)25;1-7-4-5-9(10-3)8(2)6-7/h13,15-16,25H,8-12,14H2,1-7H3;4-6,10H,1-3H3/t15?,16-;/m1./s1. The molecule has 0 bridgehead atoms. The number of anilines is 1. The normalized spacial score (nSPS) is 13.6. The maximum atomic E-state index is 11.2. The largest absolute Gasteiger partial charge is 0.390 e. The van der Waals surface area contributed by atoms with Crippen molar-refractivity contribution in [3.63, 3.8) is 0 Å². The molecule has 0 amide bonds. The first-order valence-corrected chi connectivity index (χ1v) is 13.1. The van der Waals surface area contributed by atoms with Crippen LogP contribution >= 0.6 is 0 Å². The SMILES string of the molecule is CCC(C)n1c(CCCC(C)(C)C)nnc1[C@H](CC=O)CC(C)(C)O.CNc1ccc(C)cc1C. The third-order valence-electron chi connectivity index (χ3n) is 6.29. The lowest BCUT2D eigenvalue weighted by Gasteiger charge is -2.26. The highest BCUT2D eigenvalue weighted by Crippen LogP contribution is 2.31. The van der Waals surface area contributed by atoms with Crippen molar-refractivity contribution in [2.75, 3.05) is 12.4 Å². The molecule has 6 nitrogen and oxygen atoms in total. The Labute approximate surface area is 213 Å². The van der Waals surface area contributed by atoms with Crippen molar-refractivity contribution in [3.8, 4) is 0 Å². The monoisotopic (exact) mass is 486 g/mol. The highest BCUT2D eigenvalue weighted by Gasteiger charge is 2.28. The fourth-order valence-corrected chi connectivity index (χ4v) is 4.32. The summed E-state index contributed by atoms with van der Waals surface area (Å²) < 4.78 is 2.21. The van der Waals surface area contributed by atoms with Gasteiger partial charge in [0, 0.05) is 37.5 Å². The highest BCUT2D eigenvalue weighted by atomic mass is 16.3. The van der Waals surface area contributed by atoms with Gasteiger partial charge < -0.3 is 19.8 Å². The molecule has 0 aliphatic carbocycles. The number of rotatable bonds is 11. The summed E-state index contributed by atoms with van der Waals surface area (Å²) in [5, 5.41) is 22.2. The molecule has 1 aromatic carbocycles. The van der Waals surface area contributed by atoms with Crippen molar-refractivity contribution in [2.45, 2.75) is 118 Å². The first-order chi connectivity index (χ1) is 16.2. The zero-order valence-corrected chi connectivity index (χ0v) is 23.9. The molecule has 0 fully saturated rings. The van der Waals surface area contributed by atoms with Gasteiger partial charge in [-0.2, -0.15) is 0 Å². The molecule has 1 unspecified atom stereocenters. The van der Waals surface area contributed by atoms with Crippen molar-refractivity contribution in [1.82, 2.24) is 14.8 Å². The molecular weight excluding hydrogens is 436 g/mol. The van der Waals surface area contributed by atoms with Gasteiger partial charge in [0.25, 0.3) is 0 Å². The van der Waals surface area contributed by atoms with Crippen LogP contribution in [0.1, 0.15) is 115 Å². The van der Waals surface area contributed by atoms with Crippen LogP contribution in [0.2, 0.25) is 0 Å². The van der Waals surface area contributed by atoms with Gasteiger partial charge in [0.2, 0.25) is 0 Å². The molecule has 0 radical (unpaired) electrons. The Balaban J connectivity index is 0.000000507. The van der Waals surface area contributed by atoms with Gasteiger partial charge in [-0.3, -0.25) is 0 Å². The van der Waals surface area contributed by atoms with E-state index in [-0.39, 0.29) is 12.0 Å². The third-order valence-corrected chi connectivity index (χ3v) is 6.29. The van der Waals surface area contributed by atoms with Gasteiger partial charge >= 0.3 is 0 Å². The Bertz CT molecular complexity index is 906. The summed E-state index contributed by atoms with van der Waals surface area (Å²) >= 11 is 0. The second-order valence-corrected chi connectivity index (χ2v) is 11.7. The molecule has 2 atom stereocenters. The number of aryl methyl sites for hydroxylation is 3. The van der Waals surface area contributed by atoms with Crippen molar-refractivity contribution in [1.29, 1.82) is 0 Å². The number of hydrogen-bond acceptors (Lipinski definition) is 5. The van der Waals surface area contributed by atoms with Crippen molar-refractivity contribution in [2.24, 2.45) is 5.41 Å². The molecule has 1 aromatic heterocycles. The van der Waals surface area contributed by atoms with Crippen LogP contribution < -0.4 is 5.32 Å². The first-order valence-electron chi connectivity index (χ1n) is 13.1. The first kappa shape index (κ1) is 30.8. The van der Waals surface area contributed by atoms with Crippen LogP contribution in [0.25, 0.3) is 0 Å². The average Bonchev–Trinajstić information content (AvgIpc) is 3.15. The topological polar surface area (TPSA) is 80.0 Å². The Morgan fingerprint density at radius 2 is 1.80 bits per heavy atom. The average molecular weight is 487 g/mol. The molecule has 0 aliphatic rings. The fourth-order valence-electron chi connectivity index (χ4n) is 4.32. The Morgan fingerprint density at radius 1 is 1.14 bits per heavy atom. The predicted octanol–water partition coefficient (Wildman–Crippen LogP) is 6.80. The van der Waals surface area contributed by atoms with E-state index in [0.717, 1.165) is 43.6 Å². The zero-order valence-electron chi connectivity index (χ0n) is 23.9. The second kappa shape index (κ2) is 13.8. The fraction of sp³-hybridized carbons (Fsp3) is 0.690. The molecule has 198 valence electrons. The molecule has 2 rings (SSSR count). The van der Waals surface area contributed by atoms with Crippen LogP contribution in [0.5, 0.6) is 0 Å². The molecule has 0 saturated heterocycles. The van der Waals surface area contributed by atoms with Crippen LogP contribution in [0, 0.1) is 19.3 Å². The van der Waals surface area contributed by atoms with Gasteiger partial charge in [0.1, 0.15) is 17.9 Å². The Kier molecular flexibility index (Phi) is 12.1. The van der Waals surface area contributed by atoms with E-state index in [1.165, 1.54) is 16.8 Å². The molecule has 1 heterocycles. The summed E-state index contributed by atoms with van der Waals surface area (Å²) in [4.78, 5) is 11.2. The quantitative estimate of drug-likeness (QED) is 0.342. The molecule has 0 aliphatic heterocycles. The molecule has 6 heteroatoms. The smallest absolute Gasteiger partial charge is 0.136 e. The second-order valence-electron chi connectivity index (χ2n) is 11.7. The predicted molar refractivity (Wildman–Crippen MR) is 147 cm³/mol. The minimum atomic E-state index is -0.841. The van der Waals surface area contributed by atoms with E-state index in [1.807, 2.05) is 7.05 Å². The van der Waals surface area contributed by atoms with E-state index in [4.69, 9.17) is 0 Å². The van der Waals surface area contributed by atoms with Crippen LogP contribution in [0.3, 0.4) is 0 Å². The summed E-state index contributed by atoms with van der Waals surface area (Å²) in [7, 11) is 1.94. The maximum absolute atomic E-state index is 11.2. The number of nitrogens with one attached hydrogen (secondary N) is 1. The summed E-state index contributed by atoms with van der Waals surface area (Å²) in [5.41, 5.74) is 3.31. The summed E-state index contributed by atoms with van der Waals surface area (Å²) in [6, 6.07) is 6.67. The summed E-state index contributed by atoms with van der Waals surface area (Å²) in [6.07, 6.45) is 5.87. The number of hydrogen-bond donors (Lipinski definition) is 2. The summed E-state index contributed by atoms with van der Waals surface area (Å²) in [6.45, 7) is 18.8. The van der Waals surface area contributed by atoms with E-state index in [1.54, 1.807) is 13.8 Å². The van der Waals surface area contributed by atoms with E-state index in [2.05, 4.69) is 86.7 Å². The third kappa shape index (κ3) is 10.9. The molecule has 2 N–H and O–H groups in total. The van der Waals surface area contributed by atoms with Gasteiger partial charge in [0.05, 0.1) is 5.60 Å². The van der Waals surface area contributed by atoms with E-state index in [0.29, 0.717) is 18.3 Å². The van der Waals surface area contributed by atoms with Crippen LogP contribution in [-0.2, 0) is 11.2 Å². The Hall–Kier alpha value is -2.21. The number of aromatic nitrogens is 3. The lowest BCUT2D eigenvalue weighted by atomic mass is 9.89. The van der Waals surface area contributed by atoms with Gasteiger partial charge in [-0.05, 0) is 77.3 Å². The molecule has 0 saturated carbocycles. The number of carbonyl (C=O) groups is 1. The number of nitrogens with zero attached hydrogens (tertiary/aromatic N) is 3. The minimum absolute atomic E-state index is 0.102. The molecular formula is C29H50N4O2. The lowest BCUT2D eigenvalue weighted by molar-refractivity contribution is -0.108. The maximum Gasteiger partial charge on any atom is 0.136 e. The molecule has 0 spiro atoms. The zero-order chi connectivity index (χ0) is 26.8. The summed E-state index contributed by atoms with van der Waals surface area (Å²) in [5.74, 6) is 1.74. The minimum Gasteiger partial charge on any atom is -0.390 e. The van der Waals surface area contributed by atoms with Gasteiger partial charge in [-0.25, -0.2) is 0 Å². The van der Waals surface area contributed by atoms with Crippen molar-refractivity contribution >= 4 is 12.0 Å². The number of aldehydes is 1. The number of aliphatic hydroxyl groups is 1. The van der Waals surface area contributed by atoms with Crippen LogP contribution in [0.15, 0.2) is 18.2 Å². The van der Waals surface area contributed by atoms with E-state index >= 15 is 0 Å². The number of carbonyl (C=O) groups excluding carboxylic acids is 1. The van der Waals surface area contributed by atoms with Crippen LogP contribution in [0.4, 0.5) is 5.69 Å². The lowest BCUT2D eigenvalue weighted by Crippen LogP contribution is -2.25. The van der Waals surface area contributed by atoms with Gasteiger partial charge in [-0.1, -0.05) is 45.4 Å². The molecule has 2 aromatic rings.